The van der Waals surface area contributed by atoms with E-state index in [9.17, 15) is 4.79 Å². The average Bonchev–Trinajstić information content (AvgIpc) is 2.85. The van der Waals surface area contributed by atoms with Crippen molar-refractivity contribution in [3.63, 3.8) is 0 Å². The van der Waals surface area contributed by atoms with Crippen molar-refractivity contribution in [2.75, 3.05) is 5.32 Å². The highest BCUT2D eigenvalue weighted by Gasteiger charge is 2.31. The number of rotatable bonds is 2. The molecule has 2 heterocycles. The minimum Gasteiger partial charge on any atom is -0.328 e. The number of hydrogen-bond acceptors (Lipinski definition) is 4. The molecule has 0 spiro atoms. The van der Waals surface area contributed by atoms with Gasteiger partial charge in [0, 0.05) is 11.3 Å². The Balaban J connectivity index is 2.21. The van der Waals surface area contributed by atoms with Crippen molar-refractivity contribution in [1.82, 2.24) is 14.8 Å². The SMILES string of the molecule is CC(=O)C1=C(C)Nc2ncnn2[C@@H]1c1ccccc1. The Kier molecular flexibility index (Phi) is 2.67. The van der Waals surface area contributed by atoms with Gasteiger partial charge in [0.1, 0.15) is 12.4 Å². The van der Waals surface area contributed by atoms with Gasteiger partial charge in [0.15, 0.2) is 5.78 Å². The lowest BCUT2D eigenvalue weighted by Crippen LogP contribution is -2.27. The van der Waals surface area contributed by atoms with Gasteiger partial charge >= 0.3 is 0 Å². The van der Waals surface area contributed by atoms with E-state index >= 15 is 0 Å². The summed E-state index contributed by atoms with van der Waals surface area (Å²) in [6, 6.07) is 9.66. The van der Waals surface area contributed by atoms with Gasteiger partial charge < -0.3 is 5.32 Å². The van der Waals surface area contributed by atoms with E-state index in [1.165, 1.54) is 6.33 Å². The molecule has 0 bridgehead atoms. The molecule has 0 fully saturated rings. The number of aromatic nitrogens is 3. The van der Waals surface area contributed by atoms with Crippen LogP contribution in [0.2, 0.25) is 0 Å². The van der Waals surface area contributed by atoms with Crippen LogP contribution in [0, 0.1) is 0 Å². The van der Waals surface area contributed by atoms with Gasteiger partial charge in [-0.3, -0.25) is 4.79 Å². The van der Waals surface area contributed by atoms with Crippen LogP contribution in [0.3, 0.4) is 0 Å². The highest BCUT2D eigenvalue weighted by Crippen LogP contribution is 2.34. The smallest absolute Gasteiger partial charge is 0.226 e. The monoisotopic (exact) mass is 254 g/mol. The fourth-order valence-electron chi connectivity index (χ4n) is 2.49. The number of ketones is 1. The lowest BCUT2D eigenvalue weighted by Gasteiger charge is -2.28. The number of carbonyl (C=O) groups is 1. The molecule has 0 aliphatic carbocycles. The van der Waals surface area contributed by atoms with Gasteiger partial charge in [-0.05, 0) is 19.4 Å². The molecule has 1 N–H and O–H groups in total. The van der Waals surface area contributed by atoms with E-state index in [0.717, 1.165) is 16.8 Å². The lowest BCUT2D eigenvalue weighted by molar-refractivity contribution is -0.114. The second-order valence-corrected chi connectivity index (χ2v) is 4.56. The molecule has 0 radical (unpaired) electrons. The normalized spacial score (nSPS) is 17.9. The van der Waals surface area contributed by atoms with Crippen LogP contribution in [-0.2, 0) is 4.79 Å². The van der Waals surface area contributed by atoms with E-state index in [-0.39, 0.29) is 11.8 Å². The summed E-state index contributed by atoms with van der Waals surface area (Å²) in [6.07, 6.45) is 1.49. The average molecular weight is 254 g/mol. The molecule has 5 nitrogen and oxygen atoms in total. The second-order valence-electron chi connectivity index (χ2n) is 4.56. The summed E-state index contributed by atoms with van der Waals surface area (Å²) in [5.41, 5.74) is 2.59. The molecule has 1 aliphatic heterocycles. The van der Waals surface area contributed by atoms with Crippen LogP contribution in [0.1, 0.15) is 25.5 Å². The Hall–Kier alpha value is -2.43. The standard InChI is InChI=1S/C14H14N4O/c1-9-12(10(2)19)13(11-6-4-3-5-7-11)18-14(17-9)15-8-16-18/h3-8,13H,1-2H3,(H,15,16,17)/t13-/m1/s1. The number of Topliss-reactive ketones (excluding diaryl/α,β-unsaturated/α-hetero) is 1. The third-order valence-corrected chi connectivity index (χ3v) is 3.29. The van der Waals surface area contributed by atoms with Gasteiger partial charge in [-0.25, -0.2) is 4.68 Å². The molecule has 1 atom stereocenters. The summed E-state index contributed by atoms with van der Waals surface area (Å²) < 4.78 is 1.75. The molecule has 1 aromatic heterocycles. The van der Waals surface area contributed by atoms with Crippen LogP contribution < -0.4 is 5.32 Å². The van der Waals surface area contributed by atoms with Crippen molar-refractivity contribution in [2.24, 2.45) is 0 Å². The fourth-order valence-corrected chi connectivity index (χ4v) is 2.49. The van der Waals surface area contributed by atoms with E-state index in [4.69, 9.17) is 0 Å². The minimum absolute atomic E-state index is 0.0417. The topological polar surface area (TPSA) is 59.8 Å². The van der Waals surface area contributed by atoms with E-state index in [0.29, 0.717) is 5.95 Å². The Labute approximate surface area is 111 Å². The third kappa shape index (κ3) is 1.83. The maximum atomic E-state index is 12.0. The Bertz CT molecular complexity index is 657. The number of fused-ring (bicyclic) bond motifs is 1. The predicted molar refractivity (Wildman–Crippen MR) is 71.6 cm³/mol. The first-order valence-corrected chi connectivity index (χ1v) is 6.11. The predicted octanol–water partition coefficient (Wildman–Crippen LogP) is 2.16. The molecule has 0 amide bonds. The van der Waals surface area contributed by atoms with E-state index in [2.05, 4.69) is 15.4 Å². The van der Waals surface area contributed by atoms with Crippen LogP contribution in [0.5, 0.6) is 0 Å². The number of allylic oxidation sites excluding steroid dienone is 2. The van der Waals surface area contributed by atoms with Crippen LogP contribution in [0.15, 0.2) is 47.9 Å². The zero-order valence-electron chi connectivity index (χ0n) is 10.8. The van der Waals surface area contributed by atoms with Gasteiger partial charge in [-0.15, -0.1) is 0 Å². The Morgan fingerprint density at radius 2 is 2.05 bits per heavy atom. The molecule has 96 valence electrons. The third-order valence-electron chi connectivity index (χ3n) is 3.29. The Morgan fingerprint density at radius 3 is 2.74 bits per heavy atom. The molecule has 1 aliphatic rings. The van der Waals surface area contributed by atoms with Crippen LogP contribution in [0.4, 0.5) is 5.95 Å². The second kappa shape index (κ2) is 4.35. The summed E-state index contributed by atoms with van der Waals surface area (Å²) in [4.78, 5) is 16.1. The molecule has 0 saturated carbocycles. The van der Waals surface area contributed by atoms with Crippen molar-refractivity contribution >= 4 is 11.7 Å². The number of nitrogens with zero attached hydrogens (tertiary/aromatic N) is 3. The zero-order valence-corrected chi connectivity index (χ0v) is 10.8. The number of carbonyl (C=O) groups excluding carboxylic acids is 1. The van der Waals surface area contributed by atoms with Gasteiger partial charge in [-0.2, -0.15) is 10.1 Å². The molecule has 3 rings (SSSR count). The molecule has 5 heteroatoms. The fraction of sp³-hybridized carbons (Fsp3) is 0.214. The van der Waals surface area contributed by atoms with Crippen LogP contribution in [0.25, 0.3) is 0 Å². The summed E-state index contributed by atoms with van der Waals surface area (Å²) in [7, 11) is 0. The molecule has 1 aromatic carbocycles. The quantitative estimate of drug-likeness (QED) is 0.892. The minimum atomic E-state index is -0.211. The summed E-state index contributed by atoms with van der Waals surface area (Å²) in [6.45, 7) is 3.48. The van der Waals surface area contributed by atoms with E-state index in [1.807, 2.05) is 37.3 Å². The molecule has 0 saturated heterocycles. The molecule has 19 heavy (non-hydrogen) atoms. The highest BCUT2D eigenvalue weighted by atomic mass is 16.1. The van der Waals surface area contributed by atoms with E-state index < -0.39 is 0 Å². The number of nitrogens with one attached hydrogen (secondary N) is 1. The highest BCUT2D eigenvalue weighted by molar-refractivity contribution is 5.96. The molecular weight excluding hydrogens is 240 g/mol. The summed E-state index contributed by atoms with van der Waals surface area (Å²) >= 11 is 0. The van der Waals surface area contributed by atoms with Gasteiger partial charge in [0.25, 0.3) is 0 Å². The van der Waals surface area contributed by atoms with Gasteiger partial charge in [0.05, 0.1) is 0 Å². The molecule has 0 unspecified atom stereocenters. The molecular formula is C14H14N4O. The largest absolute Gasteiger partial charge is 0.328 e. The zero-order chi connectivity index (χ0) is 13.4. The van der Waals surface area contributed by atoms with Crippen LogP contribution in [-0.4, -0.2) is 20.5 Å². The summed E-state index contributed by atoms with van der Waals surface area (Å²) in [5, 5.41) is 7.36. The summed E-state index contributed by atoms with van der Waals surface area (Å²) in [5.74, 6) is 0.705. The van der Waals surface area contributed by atoms with Crippen molar-refractivity contribution in [2.45, 2.75) is 19.9 Å². The lowest BCUT2D eigenvalue weighted by atomic mass is 9.93. The van der Waals surface area contributed by atoms with Crippen LogP contribution >= 0.6 is 0 Å². The van der Waals surface area contributed by atoms with Crippen molar-refractivity contribution in [3.8, 4) is 0 Å². The maximum absolute atomic E-state index is 12.0. The van der Waals surface area contributed by atoms with Gasteiger partial charge in [0.2, 0.25) is 5.95 Å². The Morgan fingerprint density at radius 1 is 1.32 bits per heavy atom. The maximum Gasteiger partial charge on any atom is 0.226 e. The van der Waals surface area contributed by atoms with Crippen molar-refractivity contribution < 1.29 is 4.79 Å². The number of hydrogen-bond donors (Lipinski definition) is 1. The first-order valence-electron chi connectivity index (χ1n) is 6.11. The van der Waals surface area contributed by atoms with Crippen molar-refractivity contribution in [3.05, 3.63) is 53.5 Å². The number of anilines is 1. The van der Waals surface area contributed by atoms with E-state index in [1.54, 1.807) is 11.6 Å². The van der Waals surface area contributed by atoms with Gasteiger partial charge in [-0.1, -0.05) is 30.3 Å². The number of benzene rings is 1. The first kappa shape index (κ1) is 11.6. The first-order chi connectivity index (χ1) is 9.18. The van der Waals surface area contributed by atoms with Crippen molar-refractivity contribution in [1.29, 1.82) is 0 Å². The molecule has 2 aromatic rings.